The number of piperidine rings is 1. The Bertz CT molecular complexity index is 629. The van der Waals surface area contributed by atoms with E-state index in [0.29, 0.717) is 25.1 Å². The van der Waals surface area contributed by atoms with Gasteiger partial charge in [0.1, 0.15) is 0 Å². The van der Waals surface area contributed by atoms with E-state index in [1.54, 1.807) is 11.0 Å². The highest BCUT2D eigenvalue weighted by Crippen LogP contribution is 2.29. The number of carbonyl (C=O) groups excluding carboxylic acids is 2. The van der Waals surface area contributed by atoms with Gasteiger partial charge in [-0.15, -0.1) is 0 Å². The molecule has 0 unspecified atom stereocenters. The highest BCUT2D eigenvalue weighted by Gasteiger charge is 2.31. The Morgan fingerprint density at radius 1 is 1.32 bits per heavy atom. The summed E-state index contributed by atoms with van der Waals surface area (Å²) < 4.78 is 38.1. The number of halogens is 3. The number of likely N-dealkylation sites (tertiary alicyclic amines) is 1. The molecule has 0 saturated carbocycles. The fourth-order valence-electron chi connectivity index (χ4n) is 2.95. The maximum absolute atomic E-state index is 12.7. The van der Waals surface area contributed by atoms with E-state index in [1.165, 1.54) is 6.07 Å². The van der Waals surface area contributed by atoms with Gasteiger partial charge in [0, 0.05) is 25.6 Å². The summed E-state index contributed by atoms with van der Waals surface area (Å²) in [5.74, 6) is -0.636. The first-order valence-corrected chi connectivity index (χ1v) is 8.41. The Morgan fingerprint density at radius 2 is 2.04 bits per heavy atom. The summed E-state index contributed by atoms with van der Waals surface area (Å²) in [5, 5.41) is 2.69. The number of alkyl halides is 3. The predicted molar refractivity (Wildman–Crippen MR) is 87.4 cm³/mol. The molecular weight excluding hydrogens is 333 g/mol. The zero-order valence-corrected chi connectivity index (χ0v) is 14.4. The first-order valence-electron chi connectivity index (χ1n) is 8.41. The van der Waals surface area contributed by atoms with Gasteiger partial charge in [0.2, 0.25) is 11.8 Å². The molecule has 0 spiro atoms. The predicted octanol–water partition coefficient (Wildman–Crippen LogP) is 3.22. The lowest BCUT2D eigenvalue weighted by molar-refractivity contribution is -0.139. The molecular formula is C18H23F3N2O2. The normalized spacial score (nSPS) is 18.3. The average molecular weight is 356 g/mol. The topological polar surface area (TPSA) is 49.4 Å². The molecule has 0 aromatic heterocycles. The number of nitrogens with one attached hydrogen (secondary N) is 1. The van der Waals surface area contributed by atoms with Crippen molar-refractivity contribution < 1.29 is 22.8 Å². The summed E-state index contributed by atoms with van der Waals surface area (Å²) in [7, 11) is 0. The van der Waals surface area contributed by atoms with Crippen molar-refractivity contribution >= 4 is 11.8 Å². The van der Waals surface area contributed by atoms with Crippen molar-refractivity contribution in [1.29, 1.82) is 0 Å². The molecule has 0 bridgehead atoms. The molecule has 2 amide bonds. The Morgan fingerprint density at radius 3 is 2.68 bits per heavy atom. The van der Waals surface area contributed by atoms with Crippen LogP contribution in [0, 0.1) is 11.8 Å². The molecule has 1 N–H and O–H groups in total. The van der Waals surface area contributed by atoms with E-state index in [-0.39, 0.29) is 30.2 Å². The maximum atomic E-state index is 12.7. The van der Waals surface area contributed by atoms with Crippen LogP contribution < -0.4 is 5.32 Å². The number of rotatable bonds is 4. The summed E-state index contributed by atoms with van der Waals surface area (Å²) in [4.78, 5) is 26.1. The Kier molecular flexibility index (Phi) is 6.08. The molecule has 1 saturated heterocycles. The number of amides is 2. The van der Waals surface area contributed by atoms with Gasteiger partial charge in [-0.2, -0.15) is 13.2 Å². The lowest BCUT2D eigenvalue weighted by Gasteiger charge is -2.33. The standard InChI is InChI=1S/C18H23F3N2O2/c1-12(2)17(25)23-8-4-6-14(11-23)16(24)22-10-13-5-3-7-15(9-13)18(19,20)21/h3,5,7,9,12,14H,4,6,8,10-11H2,1-2H3,(H,22,24)/t14-/m0/s1. The van der Waals surface area contributed by atoms with Gasteiger partial charge in [-0.25, -0.2) is 0 Å². The Hall–Kier alpha value is -2.05. The largest absolute Gasteiger partial charge is 0.416 e. The van der Waals surface area contributed by atoms with Crippen molar-refractivity contribution in [2.45, 2.75) is 39.4 Å². The molecule has 25 heavy (non-hydrogen) atoms. The number of benzene rings is 1. The van der Waals surface area contributed by atoms with Crippen molar-refractivity contribution in [2.75, 3.05) is 13.1 Å². The zero-order valence-electron chi connectivity index (χ0n) is 14.4. The first kappa shape index (κ1) is 19.3. The number of hydrogen-bond donors (Lipinski definition) is 1. The third-order valence-electron chi connectivity index (χ3n) is 4.32. The quantitative estimate of drug-likeness (QED) is 0.901. The molecule has 1 atom stereocenters. The van der Waals surface area contributed by atoms with E-state index in [4.69, 9.17) is 0 Å². The minimum absolute atomic E-state index is 0.0235. The van der Waals surface area contributed by atoms with Gasteiger partial charge in [0.05, 0.1) is 11.5 Å². The van der Waals surface area contributed by atoms with Crippen molar-refractivity contribution in [2.24, 2.45) is 11.8 Å². The molecule has 1 aliphatic rings. The van der Waals surface area contributed by atoms with Gasteiger partial charge < -0.3 is 10.2 Å². The van der Waals surface area contributed by atoms with Crippen LogP contribution in [0.2, 0.25) is 0 Å². The summed E-state index contributed by atoms with van der Waals surface area (Å²) in [6.07, 6.45) is -2.97. The van der Waals surface area contributed by atoms with Crippen molar-refractivity contribution in [3.63, 3.8) is 0 Å². The van der Waals surface area contributed by atoms with Gasteiger partial charge in [0.25, 0.3) is 0 Å². The maximum Gasteiger partial charge on any atom is 0.416 e. The lowest BCUT2D eigenvalue weighted by Crippen LogP contribution is -2.46. The minimum Gasteiger partial charge on any atom is -0.352 e. The second-order valence-electron chi connectivity index (χ2n) is 6.69. The summed E-state index contributed by atoms with van der Waals surface area (Å²) in [6.45, 7) is 4.69. The minimum atomic E-state index is -4.40. The van der Waals surface area contributed by atoms with Gasteiger partial charge in [-0.1, -0.05) is 26.0 Å². The summed E-state index contributed by atoms with van der Waals surface area (Å²) in [6, 6.07) is 4.91. The van der Waals surface area contributed by atoms with Crippen LogP contribution in [0.4, 0.5) is 13.2 Å². The molecule has 7 heteroatoms. The smallest absolute Gasteiger partial charge is 0.352 e. The highest BCUT2D eigenvalue weighted by atomic mass is 19.4. The fraction of sp³-hybridized carbons (Fsp3) is 0.556. The van der Waals surface area contributed by atoms with Crippen LogP contribution in [-0.4, -0.2) is 29.8 Å². The van der Waals surface area contributed by atoms with Crippen LogP contribution in [0.25, 0.3) is 0 Å². The van der Waals surface area contributed by atoms with E-state index >= 15 is 0 Å². The number of hydrogen-bond acceptors (Lipinski definition) is 2. The van der Waals surface area contributed by atoms with E-state index < -0.39 is 11.7 Å². The van der Waals surface area contributed by atoms with Crippen LogP contribution in [0.5, 0.6) is 0 Å². The highest BCUT2D eigenvalue weighted by molar-refractivity contribution is 5.82. The monoisotopic (exact) mass is 356 g/mol. The second-order valence-corrected chi connectivity index (χ2v) is 6.69. The summed E-state index contributed by atoms with van der Waals surface area (Å²) >= 11 is 0. The van der Waals surface area contributed by atoms with E-state index in [2.05, 4.69) is 5.32 Å². The van der Waals surface area contributed by atoms with E-state index in [0.717, 1.165) is 18.6 Å². The second kappa shape index (κ2) is 7.89. The Balaban J connectivity index is 1.93. The van der Waals surface area contributed by atoms with Crippen LogP contribution >= 0.6 is 0 Å². The molecule has 1 heterocycles. The van der Waals surface area contributed by atoms with Crippen molar-refractivity contribution in [1.82, 2.24) is 10.2 Å². The third kappa shape index (κ3) is 5.21. The molecule has 1 aromatic carbocycles. The molecule has 1 fully saturated rings. The molecule has 4 nitrogen and oxygen atoms in total. The average Bonchev–Trinajstić information content (AvgIpc) is 2.58. The summed E-state index contributed by atoms with van der Waals surface area (Å²) in [5.41, 5.74) is -0.334. The molecule has 0 radical (unpaired) electrons. The van der Waals surface area contributed by atoms with Crippen LogP contribution in [-0.2, 0) is 22.3 Å². The molecule has 1 aromatic rings. The van der Waals surface area contributed by atoms with Crippen molar-refractivity contribution in [3.8, 4) is 0 Å². The lowest BCUT2D eigenvalue weighted by atomic mass is 9.96. The fourth-order valence-corrected chi connectivity index (χ4v) is 2.95. The van der Waals surface area contributed by atoms with E-state index in [9.17, 15) is 22.8 Å². The van der Waals surface area contributed by atoms with Crippen LogP contribution in [0.1, 0.15) is 37.8 Å². The molecule has 0 aliphatic carbocycles. The van der Waals surface area contributed by atoms with Crippen LogP contribution in [0.3, 0.4) is 0 Å². The zero-order chi connectivity index (χ0) is 18.6. The van der Waals surface area contributed by atoms with Gasteiger partial charge in [0.15, 0.2) is 0 Å². The van der Waals surface area contributed by atoms with Crippen LogP contribution in [0.15, 0.2) is 24.3 Å². The molecule has 138 valence electrons. The number of nitrogens with zero attached hydrogens (tertiary/aromatic N) is 1. The van der Waals surface area contributed by atoms with Gasteiger partial charge in [-0.05, 0) is 30.5 Å². The molecule has 2 rings (SSSR count). The van der Waals surface area contributed by atoms with Gasteiger partial charge >= 0.3 is 6.18 Å². The number of carbonyl (C=O) groups is 2. The first-order chi connectivity index (χ1) is 11.7. The SMILES string of the molecule is CC(C)C(=O)N1CCC[C@H](C(=O)NCc2cccc(C(F)(F)F)c2)C1. The third-order valence-corrected chi connectivity index (χ3v) is 4.32. The van der Waals surface area contributed by atoms with E-state index in [1.807, 2.05) is 13.8 Å². The van der Waals surface area contributed by atoms with Gasteiger partial charge in [-0.3, -0.25) is 9.59 Å². The van der Waals surface area contributed by atoms with Crippen molar-refractivity contribution in [3.05, 3.63) is 35.4 Å². The Labute approximate surface area is 145 Å². The molecule has 1 aliphatic heterocycles.